The second-order valence-electron chi connectivity index (χ2n) is 3.21. The van der Waals surface area contributed by atoms with Gasteiger partial charge in [0.05, 0.1) is 5.02 Å². The van der Waals surface area contributed by atoms with E-state index in [0.717, 1.165) is 17.1 Å². The Morgan fingerprint density at radius 2 is 2.31 bits per heavy atom. The predicted molar refractivity (Wildman–Crippen MR) is 65.7 cm³/mol. The van der Waals surface area contributed by atoms with Crippen LogP contribution in [0.15, 0.2) is 28.3 Å². The first-order valence-corrected chi connectivity index (χ1v) is 6.02. The molecule has 84 valence electrons. The normalized spacial score (nSPS) is 10.6. The van der Waals surface area contributed by atoms with E-state index in [2.05, 4.69) is 15.2 Å². The van der Waals surface area contributed by atoms with Gasteiger partial charge in [-0.3, -0.25) is 5.10 Å². The summed E-state index contributed by atoms with van der Waals surface area (Å²) in [6.07, 6.45) is 0.836. The van der Waals surface area contributed by atoms with Gasteiger partial charge in [0.25, 0.3) is 0 Å². The molecule has 2 aromatic rings. The van der Waals surface area contributed by atoms with Crippen LogP contribution in [0.25, 0.3) is 0 Å². The maximum Gasteiger partial charge on any atom is 0.213 e. The molecule has 0 saturated carbocycles. The average molecular weight is 255 g/mol. The number of aryl methyl sites for hydroxylation is 1. The van der Waals surface area contributed by atoms with Crippen molar-refractivity contribution in [1.82, 2.24) is 15.2 Å². The molecule has 0 radical (unpaired) electrons. The maximum absolute atomic E-state index is 6.05. The Balaban J connectivity index is 2.20. The summed E-state index contributed by atoms with van der Waals surface area (Å²) in [7, 11) is 0. The number of nitrogen functional groups attached to an aromatic ring is 1. The molecular formula is C10H11ClN4S. The van der Waals surface area contributed by atoms with Crippen molar-refractivity contribution in [3.63, 3.8) is 0 Å². The lowest BCUT2D eigenvalue weighted by Gasteiger charge is -2.01. The van der Waals surface area contributed by atoms with Crippen molar-refractivity contribution in [2.45, 2.75) is 23.4 Å². The standard InChI is InChI=1S/C10H11ClN4S/c1-2-9-13-10(15-14-9)16-8-4-3-6(12)5-7(8)11/h3-5H,2,12H2,1H3,(H,13,14,15). The van der Waals surface area contributed by atoms with Gasteiger partial charge in [-0.15, -0.1) is 5.10 Å². The number of aromatic amines is 1. The topological polar surface area (TPSA) is 67.6 Å². The van der Waals surface area contributed by atoms with E-state index in [1.165, 1.54) is 11.8 Å². The van der Waals surface area contributed by atoms with Gasteiger partial charge in [-0.05, 0) is 30.0 Å². The van der Waals surface area contributed by atoms with Crippen LogP contribution in [-0.4, -0.2) is 15.2 Å². The van der Waals surface area contributed by atoms with Gasteiger partial charge in [-0.2, -0.15) is 0 Å². The number of halogens is 1. The predicted octanol–water partition coefficient (Wildman–Crippen LogP) is 2.75. The zero-order valence-corrected chi connectivity index (χ0v) is 10.3. The fraction of sp³-hybridized carbons (Fsp3) is 0.200. The fourth-order valence-corrected chi connectivity index (χ4v) is 2.22. The number of nitrogens with zero attached hydrogens (tertiary/aromatic N) is 2. The molecule has 1 aromatic carbocycles. The fourth-order valence-electron chi connectivity index (χ4n) is 1.18. The first kappa shape index (κ1) is 11.3. The molecule has 0 atom stereocenters. The molecule has 0 aliphatic rings. The van der Waals surface area contributed by atoms with E-state index in [9.17, 15) is 0 Å². The third-order valence-corrected chi connectivity index (χ3v) is 3.37. The number of nitrogens with two attached hydrogens (primary N) is 1. The number of H-pyrrole nitrogens is 1. The third-order valence-electron chi connectivity index (χ3n) is 2.00. The minimum atomic E-state index is 0.618. The van der Waals surface area contributed by atoms with E-state index in [0.29, 0.717) is 15.9 Å². The van der Waals surface area contributed by atoms with Crippen LogP contribution in [0.1, 0.15) is 12.7 Å². The molecule has 0 spiro atoms. The molecule has 0 fully saturated rings. The van der Waals surface area contributed by atoms with Gasteiger partial charge >= 0.3 is 0 Å². The van der Waals surface area contributed by atoms with Gasteiger partial charge in [-0.1, -0.05) is 18.5 Å². The summed E-state index contributed by atoms with van der Waals surface area (Å²) in [4.78, 5) is 5.19. The van der Waals surface area contributed by atoms with Crippen molar-refractivity contribution < 1.29 is 0 Å². The lowest BCUT2D eigenvalue weighted by Crippen LogP contribution is -1.85. The van der Waals surface area contributed by atoms with Crippen molar-refractivity contribution in [2.24, 2.45) is 0 Å². The Morgan fingerprint density at radius 1 is 1.50 bits per heavy atom. The van der Waals surface area contributed by atoms with Crippen LogP contribution in [0.3, 0.4) is 0 Å². The van der Waals surface area contributed by atoms with Gasteiger partial charge in [0.15, 0.2) is 0 Å². The highest BCUT2D eigenvalue weighted by molar-refractivity contribution is 7.99. The molecule has 0 saturated heterocycles. The molecular weight excluding hydrogens is 244 g/mol. The third kappa shape index (κ3) is 2.48. The van der Waals surface area contributed by atoms with E-state index in [1.807, 2.05) is 19.1 Å². The van der Waals surface area contributed by atoms with Crippen molar-refractivity contribution >= 4 is 29.1 Å². The quantitative estimate of drug-likeness (QED) is 0.827. The molecule has 0 aliphatic carbocycles. The highest BCUT2D eigenvalue weighted by Gasteiger charge is 2.07. The van der Waals surface area contributed by atoms with Crippen LogP contribution in [0.2, 0.25) is 5.02 Å². The van der Waals surface area contributed by atoms with Crippen LogP contribution in [-0.2, 0) is 6.42 Å². The second-order valence-corrected chi connectivity index (χ2v) is 4.63. The molecule has 6 heteroatoms. The molecule has 0 unspecified atom stereocenters. The summed E-state index contributed by atoms with van der Waals surface area (Å²) in [5.74, 6) is 0.870. The average Bonchev–Trinajstić information content (AvgIpc) is 2.70. The summed E-state index contributed by atoms with van der Waals surface area (Å²) >= 11 is 7.47. The van der Waals surface area contributed by atoms with Gasteiger partial charge in [0.2, 0.25) is 5.16 Å². The summed E-state index contributed by atoms with van der Waals surface area (Å²) in [5.41, 5.74) is 6.27. The molecule has 0 amide bonds. The first-order chi connectivity index (χ1) is 7.69. The van der Waals surface area contributed by atoms with Gasteiger partial charge < -0.3 is 5.73 Å². The Morgan fingerprint density at radius 3 is 2.94 bits per heavy atom. The van der Waals surface area contributed by atoms with E-state index in [-0.39, 0.29) is 0 Å². The first-order valence-electron chi connectivity index (χ1n) is 4.83. The molecule has 1 heterocycles. The zero-order valence-electron chi connectivity index (χ0n) is 8.70. The maximum atomic E-state index is 6.05. The van der Waals surface area contributed by atoms with Crippen LogP contribution >= 0.6 is 23.4 Å². The van der Waals surface area contributed by atoms with Crippen molar-refractivity contribution in [2.75, 3.05) is 5.73 Å². The lowest BCUT2D eigenvalue weighted by atomic mass is 10.3. The Bertz CT molecular complexity index is 497. The molecule has 4 nitrogen and oxygen atoms in total. The van der Waals surface area contributed by atoms with Crippen LogP contribution in [0.5, 0.6) is 0 Å². The summed E-state index contributed by atoms with van der Waals surface area (Å²) < 4.78 is 0. The molecule has 16 heavy (non-hydrogen) atoms. The van der Waals surface area contributed by atoms with Crippen LogP contribution in [0.4, 0.5) is 5.69 Å². The van der Waals surface area contributed by atoms with E-state index in [1.54, 1.807) is 6.07 Å². The molecule has 0 bridgehead atoms. The highest BCUT2D eigenvalue weighted by atomic mass is 35.5. The summed E-state index contributed by atoms with van der Waals surface area (Å²) in [5, 5.41) is 8.23. The van der Waals surface area contributed by atoms with Crippen molar-refractivity contribution in [1.29, 1.82) is 0 Å². The largest absolute Gasteiger partial charge is 0.399 e. The number of nitrogens with one attached hydrogen (secondary N) is 1. The highest BCUT2D eigenvalue weighted by Crippen LogP contribution is 2.32. The van der Waals surface area contributed by atoms with E-state index < -0.39 is 0 Å². The molecule has 0 aliphatic heterocycles. The number of benzene rings is 1. The van der Waals surface area contributed by atoms with E-state index >= 15 is 0 Å². The summed E-state index contributed by atoms with van der Waals surface area (Å²) in [6, 6.07) is 5.39. The lowest BCUT2D eigenvalue weighted by molar-refractivity contribution is 0.941. The Labute approximate surface area is 103 Å². The number of anilines is 1. The molecule has 3 N–H and O–H groups in total. The van der Waals surface area contributed by atoms with Gasteiger partial charge in [0, 0.05) is 17.0 Å². The number of aromatic nitrogens is 3. The molecule has 1 aromatic heterocycles. The number of rotatable bonds is 3. The van der Waals surface area contributed by atoms with Gasteiger partial charge in [0.1, 0.15) is 5.82 Å². The van der Waals surface area contributed by atoms with Crippen molar-refractivity contribution in [3.05, 3.63) is 29.0 Å². The van der Waals surface area contributed by atoms with E-state index in [4.69, 9.17) is 17.3 Å². The Hall–Kier alpha value is -1.20. The summed E-state index contributed by atoms with van der Waals surface area (Å²) in [6.45, 7) is 2.02. The zero-order chi connectivity index (χ0) is 11.5. The minimum Gasteiger partial charge on any atom is -0.399 e. The molecule has 2 rings (SSSR count). The second kappa shape index (κ2) is 4.76. The van der Waals surface area contributed by atoms with Crippen LogP contribution in [0, 0.1) is 0 Å². The Kier molecular flexibility index (Phi) is 3.36. The monoisotopic (exact) mass is 254 g/mol. The van der Waals surface area contributed by atoms with Crippen molar-refractivity contribution in [3.8, 4) is 0 Å². The SMILES string of the molecule is CCc1nc(Sc2ccc(N)cc2Cl)n[nH]1. The van der Waals surface area contributed by atoms with Crippen LogP contribution < -0.4 is 5.73 Å². The minimum absolute atomic E-state index is 0.618. The van der Waals surface area contributed by atoms with Gasteiger partial charge in [-0.25, -0.2) is 4.98 Å². The number of hydrogen-bond acceptors (Lipinski definition) is 4. The smallest absolute Gasteiger partial charge is 0.213 e. The number of hydrogen-bond donors (Lipinski definition) is 2.